The molecule has 0 fully saturated rings. The van der Waals surface area contributed by atoms with Gasteiger partial charge < -0.3 is 0 Å². The third-order valence-electron chi connectivity index (χ3n) is 2.32. The summed E-state index contributed by atoms with van der Waals surface area (Å²) in [7, 11) is 0. The minimum absolute atomic E-state index is 0.542. The Kier molecular flexibility index (Phi) is 3.33. The standard InChI is InChI=1S/C13H12N2S/c1-10-4-2-5-11(8-10)12-9-16-13(15-12)6-3-7-14/h2,4-5,8-9H,3,6H2,1H3. The number of nitrogens with zero attached hydrogens (tertiary/aromatic N) is 2. The van der Waals surface area contributed by atoms with Crippen LogP contribution in [0.5, 0.6) is 0 Å². The van der Waals surface area contributed by atoms with Gasteiger partial charge in [0.15, 0.2) is 0 Å². The van der Waals surface area contributed by atoms with Crippen LogP contribution in [-0.2, 0) is 6.42 Å². The number of thiazole rings is 1. The summed E-state index contributed by atoms with van der Waals surface area (Å²) in [5.74, 6) is 0. The molecule has 0 spiro atoms. The molecule has 1 aromatic heterocycles. The fourth-order valence-electron chi connectivity index (χ4n) is 1.53. The van der Waals surface area contributed by atoms with Gasteiger partial charge in [-0.2, -0.15) is 5.26 Å². The highest BCUT2D eigenvalue weighted by molar-refractivity contribution is 7.09. The number of hydrogen-bond acceptors (Lipinski definition) is 3. The molecule has 2 nitrogen and oxygen atoms in total. The maximum Gasteiger partial charge on any atom is 0.0942 e. The molecule has 0 saturated heterocycles. The summed E-state index contributed by atoms with van der Waals surface area (Å²) in [6.07, 6.45) is 1.30. The largest absolute Gasteiger partial charge is 0.241 e. The first-order valence-corrected chi connectivity index (χ1v) is 6.06. The number of benzene rings is 1. The predicted molar refractivity (Wildman–Crippen MR) is 66.2 cm³/mol. The molecule has 2 aromatic rings. The van der Waals surface area contributed by atoms with Crippen LogP contribution in [-0.4, -0.2) is 4.98 Å². The molecular weight excluding hydrogens is 216 g/mol. The Morgan fingerprint density at radius 1 is 1.44 bits per heavy atom. The summed E-state index contributed by atoms with van der Waals surface area (Å²) in [4.78, 5) is 4.53. The van der Waals surface area contributed by atoms with Crippen molar-refractivity contribution >= 4 is 11.3 Å². The van der Waals surface area contributed by atoms with E-state index in [1.807, 2.05) is 6.07 Å². The van der Waals surface area contributed by atoms with Crippen molar-refractivity contribution in [3.8, 4) is 17.3 Å². The van der Waals surface area contributed by atoms with E-state index < -0.39 is 0 Å². The highest BCUT2D eigenvalue weighted by Crippen LogP contribution is 2.23. The topological polar surface area (TPSA) is 36.7 Å². The third kappa shape index (κ3) is 2.47. The zero-order valence-electron chi connectivity index (χ0n) is 9.10. The second-order valence-corrected chi connectivity index (χ2v) is 4.60. The second-order valence-electron chi connectivity index (χ2n) is 3.65. The van der Waals surface area contributed by atoms with Gasteiger partial charge in [-0.15, -0.1) is 11.3 Å². The van der Waals surface area contributed by atoms with Gasteiger partial charge in [0.1, 0.15) is 0 Å². The summed E-state index contributed by atoms with van der Waals surface area (Å²) in [5.41, 5.74) is 3.41. The molecular formula is C13H12N2S. The molecule has 0 N–H and O–H groups in total. The normalized spacial score (nSPS) is 10.0. The summed E-state index contributed by atoms with van der Waals surface area (Å²) in [6.45, 7) is 2.08. The van der Waals surface area contributed by atoms with E-state index in [-0.39, 0.29) is 0 Å². The zero-order chi connectivity index (χ0) is 11.4. The van der Waals surface area contributed by atoms with Crippen molar-refractivity contribution in [2.24, 2.45) is 0 Å². The first-order valence-electron chi connectivity index (χ1n) is 5.18. The fraction of sp³-hybridized carbons (Fsp3) is 0.231. The van der Waals surface area contributed by atoms with E-state index in [1.54, 1.807) is 11.3 Å². The van der Waals surface area contributed by atoms with Crippen LogP contribution >= 0.6 is 11.3 Å². The number of aryl methyl sites for hydroxylation is 2. The highest BCUT2D eigenvalue weighted by Gasteiger charge is 2.04. The van der Waals surface area contributed by atoms with Crippen molar-refractivity contribution in [3.05, 3.63) is 40.2 Å². The molecule has 16 heavy (non-hydrogen) atoms. The molecule has 0 atom stereocenters. The fourth-order valence-corrected chi connectivity index (χ4v) is 2.33. The number of rotatable bonds is 3. The summed E-state index contributed by atoms with van der Waals surface area (Å²) in [6, 6.07) is 10.5. The summed E-state index contributed by atoms with van der Waals surface area (Å²) >= 11 is 1.63. The molecule has 0 aliphatic carbocycles. The summed E-state index contributed by atoms with van der Waals surface area (Å²) in [5, 5.41) is 11.6. The predicted octanol–water partition coefficient (Wildman–Crippen LogP) is 3.57. The van der Waals surface area contributed by atoms with Gasteiger partial charge in [0.05, 0.1) is 16.8 Å². The van der Waals surface area contributed by atoms with E-state index in [9.17, 15) is 0 Å². The minimum Gasteiger partial charge on any atom is -0.241 e. The van der Waals surface area contributed by atoms with E-state index in [4.69, 9.17) is 5.26 Å². The lowest BCUT2D eigenvalue weighted by Crippen LogP contribution is -1.83. The van der Waals surface area contributed by atoms with Crippen molar-refractivity contribution in [1.82, 2.24) is 4.98 Å². The van der Waals surface area contributed by atoms with E-state index in [0.717, 1.165) is 22.7 Å². The Labute approximate surface area is 99.2 Å². The molecule has 0 aliphatic rings. The molecule has 1 aromatic carbocycles. The van der Waals surface area contributed by atoms with Gasteiger partial charge in [0.2, 0.25) is 0 Å². The van der Waals surface area contributed by atoms with Crippen LogP contribution in [0.4, 0.5) is 0 Å². The minimum atomic E-state index is 0.542. The van der Waals surface area contributed by atoms with Gasteiger partial charge >= 0.3 is 0 Å². The van der Waals surface area contributed by atoms with E-state index >= 15 is 0 Å². The Hall–Kier alpha value is -1.66. The number of hydrogen-bond donors (Lipinski definition) is 0. The molecule has 80 valence electrons. The van der Waals surface area contributed by atoms with Gasteiger partial charge in [0.25, 0.3) is 0 Å². The maximum atomic E-state index is 8.51. The van der Waals surface area contributed by atoms with Gasteiger partial charge in [-0.3, -0.25) is 0 Å². The SMILES string of the molecule is Cc1cccc(-c2csc(CCC#N)n2)c1. The quantitative estimate of drug-likeness (QED) is 0.805. The molecule has 0 amide bonds. The van der Waals surface area contributed by atoms with Crippen LogP contribution in [0.2, 0.25) is 0 Å². The molecule has 0 aliphatic heterocycles. The molecule has 0 saturated carbocycles. The van der Waals surface area contributed by atoms with Gasteiger partial charge in [-0.05, 0) is 13.0 Å². The van der Waals surface area contributed by atoms with Crippen molar-refractivity contribution in [2.75, 3.05) is 0 Å². The van der Waals surface area contributed by atoms with Crippen LogP contribution in [0.1, 0.15) is 17.0 Å². The van der Waals surface area contributed by atoms with Crippen molar-refractivity contribution < 1.29 is 0 Å². The van der Waals surface area contributed by atoms with Crippen LogP contribution in [0, 0.1) is 18.3 Å². The number of aromatic nitrogens is 1. The van der Waals surface area contributed by atoms with Crippen molar-refractivity contribution in [1.29, 1.82) is 5.26 Å². The monoisotopic (exact) mass is 228 g/mol. The van der Waals surface area contributed by atoms with E-state index in [0.29, 0.717) is 6.42 Å². The summed E-state index contributed by atoms with van der Waals surface area (Å²) < 4.78 is 0. The smallest absolute Gasteiger partial charge is 0.0942 e. The van der Waals surface area contributed by atoms with Crippen LogP contribution in [0.3, 0.4) is 0 Å². The second kappa shape index (κ2) is 4.91. The third-order valence-corrected chi connectivity index (χ3v) is 3.22. The van der Waals surface area contributed by atoms with Crippen molar-refractivity contribution in [3.63, 3.8) is 0 Å². The zero-order valence-corrected chi connectivity index (χ0v) is 9.92. The molecule has 0 unspecified atom stereocenters. The molecule has 0 radical (unpaired) electrons. The van der Waals surface area contributed by atoms with Crippen LogP contribution < -0.4 is 0 Å². The Balaban J connectivity index is 2.22. The molecule has 1 heterocycles. The first-order chi connectivity index (χ1) is 7.79. The Bertz CT molecular complexity index is 523. The lowest BCUT2D eigenvalue weighted by atomic mass is 10.1. The Morgan fingerprint density at radius 2 is 2.31 bits per heavy atom. The van der Waals surface area contributed by atoms with Crippen LogP contribution in [0.25, 0.3) is 11.3 Å². The number of nitriles is 1. The van der Waals surface area contributed by atoms with Gasteiger partial charge in [-0.1, -0.05) is 23.8 Å². The Morgan fingerprint density at radius 3 is 3.06 bits per heavy atom. The van der Waals surface area contributed by atoms with Crippen LogP contribution in [0.15, 0.2) is 29.6 Å². The average molecular weight is 228 g/mol. The molecule has 3 heteroatoms. The van der Waals surface area contributed by atoms with Crippen molar-refractivity contribution in [2.45, 2.75) is 19.8 Å². The lowest BCUT2D eigenvalue weighted by molar-refractivity contribution is 0.990. The van der Waals surface area contributed by atoms with Gasteiger partial charge in [0, 0.05) is 23.8 Å². The molecule has 2 rings (SSSR count). The average Bonchev–Trinajstić information content (AvgIpc) is 2.75. The van der Waals surface area contributed by atoms with E-state index in [2.05, 4.69) is 41.6 Å². The maximum absolute atomic E-state index is 8.51. The lowest BCUT2D eigenvalue weighted by Gasteiger charge is -1.97. The molecule has 0 bridgehead atoms. The highest BCUT2D eigenvalue weighted by atomic mass is 32.1. The van der Waals surface area contributed by atoms with Gasteiger partial charge in [-0.25, -0.2) is 4.98 Å². The van der Waals surface area contributed by atoms with E-state index in [1.165, 1.54) is 5.56 Å². The first kappa shape index (κ1) is 10.8.